The molecule has 3 aromatic rings. The lowest BCUT2D eigenvalue weighted by molar-refractivity contribution is -0.113. The van der Waals surface area contributed by atoms with Gasteiger partial charge in [0.05, 0.1) is 19.6 Å². The van der Waals surface area contributed by atoms with E-state index in [9.17, 15) is 13.6 Å². The number of fused-ring (bicyclic) bond motifs is 1. The number of furan rings is 1. The molecule has 2 N–H and O–H groups in total. The van der Waals surface area contributed by atoms with Gasteiger partial charge in [0, 0.05) is 10.9 Å². The first kappa shape index (κ1) is 16.7. The molecule has 26 heavy (non-hydrogen) atoms. The van der Waals surface area contributed by atoms with Crippen molar-refractivity contribution >= 4 is 16.9 Å². The van der Waals surface area contributed by atoms with Crippen LogP contribution in [0, 0.1) is 6.92 Å². The lowest BCUT2D eigenvalue weighted by Gasteiger charge is -2.38. The van der Waals surface area contributed by atoms with E-state index >= 15 is 0 Å². The van der Waals surface area contributed by atoms with Crippen molar-refractivity contribution in [3.05, 3.63) is 59.4 Å². The average Bonchev–Trinajstić information content (AvgIpc) is 3.03. The van der Waals surface area contributed by atoms with Crippen LogP contribution in [-0.2, 0) is 6.54 Å². The molecule has 4 rings (SSSR count). The first-order valence-electron chi connectivity index (χ1n) is 8.37. The number of carbonyl (C=O) groups excluding carboxylic acids is 1. The highest BCUT2D eigenvalue weighted by molar-refractivity contribution is 5.95. The number of nitrogens with zero attached hydrogens (tertiary/aromatic N) is 1. The molecule has 1 fully saturated rings. The second kappa shape index (κ2) is 5.92. The summed E-state index contributed by atoms with van der Waals surface area (Å²) >= 11 is 0. The largest absolute Gasteiger partial charge is 0.459 e. The molecule has 2 heterocycles. The predicted octanol–water partition coefficient (Wildman–Crippen LogP) is 3.96. The van der Waals surface area contributed by atoms with Crippen LogP contribution in [0.25, 0.3) is 22.1 Å². The number of carbonyl (C=O) groups is 1. The van der Waals surface area contributed by atoms with Crippen molar-refractivity contribution in [2.24, 2.45) is 5.73 Å². The maximum atomic E-state index is 12.9. The Morgan fingerprint density at radius 3 is 2.46 bits per heavy atom. The molecular formula is C20H18F2N2O2. The van der Waals surface area contributed by atoms with E-state index in [1.807, 2.05) is 37.3 Å². The summed E-state index contributed by atoms with van der Waals surface area (Å²) in [6.45, 7) is 1.30. The van der Waals surface area contributed by atoms with Crippen LogP contribution in [0.2, 0.25) is 0 Å². The maximum Gasteiger partial charge on any atom is 0.282 e. The number of rotatable bonds is 3. The van der Waals surface area contributed by atoms with Crippen LogP contribution in [0.5, 0.6) is 0 Å². The van der Waals surface area contributed by atoms with Gasteiger partial charge in [-0.3, -0.25) is 4.79 Å². The van der Waals surface area contributed by atoms with E-state index in [4.69, 9.17) is 10.2 Å². The zero-order valence-electron chi connectivity index (χ0n) is 14.3. The Kier molecular flexibility index (Phi) is 3.80. The van der Waals surface area contributed by atoms with Crippen molar-refractivity contribution in [2.45, 2.75) is 19.4 Å². The lowest BCUT2D eigenvalue weighted by atomic mass is 9.99. The van der Waals surface area contributed by atoms with Gasteiger partial charge in [-0.15, -0.1) is 0 Å². The molecule has 4 nitrogen and oxygen atoms in total. The average molecular weight is 356 g/mol. The molecule has 1 amide bonds. The van der Waals surface area contributed by atoms with Crippen LogP contribution in [-0.4, -0.2) is 29.8 Å². The molecule has 0 spiro atoms. The van der Waals surface area contributed by atoms with E-state index in [2.05, 4.69) is 0 Å². The van der Waals surface area contributed by atoms with E-state index in [0.717, 1.165) is 38.3 Å². The van der Waals surface area contributed by atoms with Crippen LogP contribution >= 0.6 is 0 Å². The molecule has 2 aromatic carbocycles. The van der Waals surface area contributed by atoms with Gasteiger partial charge >= 0.3 is 0 Å². The highest BCUT2D eigenvalue weighted by Gasteiger charge is 2.46. The SMILES string of the molecule is Cc1cc(-c2ccc(C(=O)N3CC(F)(F)C3)cc2)cc2cc(CN)oc12. The van der Waals surface area contributed by atoms with Crippen LogP contribution < -0.4 is 5.73 Å². The van der Waals surface area contributed by atoms with Gasteiger partial charge in [0.25, 0.3) is 11.8 Å². The minimum absolute atomic E-state index is 0.343. The molecular weight excluding hydrogens is 338 g/mol. The number of alkyl halides is 2. The van der Waals surface area contributed by atoms with Crippen LogP contribution in [0.3, 0.4) is 0 Å². The first-order valence-corrected chi connectivity index (χ1v) is 8.37. The Hall–Kier alpha value is -2.73. The summed E-state index contributed by atoms with van der Waals surface area (Å²) < 4.78 is 31.6. The monoisotopic (exact) mass is 356 g/mol. The van der Waals surface area contributed by atoms with Crippen molar-refractivity contribution in [3.63, 3.8) is 0 Å². The first-order chi connectivity index (χ1) is 12.4. The zero-order valence-corrected chi connectivity index (χ0v) is 14.3. The molecule has 1 aliphatic rings. The van der Waals surface area contributed by atoms with Crippen LogP contribution in [0.15, 0.2) is 46.9 Å². The van der Waals surface area contributed by atoms with Gasteiger partial charge in [0.2, 0.25) is 0 Å². The molecule has 0 radical (unpaired) electrons. The molecule has 0 saturated carbocycles. The Morgan fingerprint density at radius 1 is 1.15 bits per heavy atom. The number of likely N-dealkylation sites (tertiary alicyclic amines) is 1. The number of nitrogens with two attached hydrogens (primary N) is 1. The second-order valence-electron chi connectivity index (χ2n) is 6.72. The second-order valence-corrected chi connectivity index (χ2v) is 6.72. The molecule has 1 saturated heterocycles. The molecule has 6 heteroatoms. The smallest absolute Gasteiger partial charge is 0.282 e. The molecule has 0 atom stereocenters. The van der Waals surface area contributed by atoms with Crippen LogP contribution in [0.1, 0.15) is 21.7 Å². The summed E-state index contributed by atoms with van der Waals surface area (Å²) in [6.07, 6.45) is 0. The molecule has 1 aliphatic heterocycles. The summed E-state index contributed by atoms with van der Waals surface area (Å²) in [7, 11) is 0. The lowest BCUT2D eigenvalue weighted by Crippen LogP contribution is -2.58. The third kappa shape index (κ3) is 2.86. The fraction of sp³-hybridized carbons (Fsp3) is 0.250. The Morgan fingerprint density at radius 2 is 1.85 bits per heavy atom. The number of hydrogen-bond acceptors (Lipinski definition) is 3. The van der Waals surface area contributed by atoms with E-state index in [1.54, 1.807) is 12.1 Å². The summed E-state index contributed by atoms with van der Waals surface area (Å²) in [4.78, 5) is 13.4. The third-order valence-electron chi connectivity index (χ3n) is 4.65. The summed E-state index contributed by atoms with van der Waals surface area (Å²) in [5.74, 6) is -2.39. The fourth-order valence-electron chi connectivity index (χ4n) is 3.29. The third-order valence-corrected chi connectivity index (χ3v) is 4.65. The van der Waals surface area contributed by atoms with Crippen molar-refractivity contribution in [3.8, 4) is 11.1 Å². The molecule has 0 bridgehead atoms. The highest BCUT2D eigenvalue weighted by atomic mass is 19.3. The standard InChI is InChI=1S/C20H18F2N2O2/c1-12-6-15(7-16-8-17(9-23)26-18(12)16)13-2-4-14(5-3-13)19(25)24-10-20(21,22)11-24/h2-8H,9-11,23H2,1H3. The summed E-state index contributed by atoms with van der Waals surface area (Å²) in [5, 5.41) is 0.975. The van der Waals surface area contributed by atoms with Crippen molar-refractivity contribution in [2.75, 3.05) is 13.1 Å². The van der Waals surface area contributed by atoms with E-state index in [0.29, 0.717) is 12.1 Å². The van der Waals surface area contributed by atoms with Gasteiger partial charge in [0.15, 0.2) is 0 Å². The quantitative estimate of drug-likeness (QED) is 0.773. The van der Waals surface area contributed by atoms with E-state index < -0.39 is 19.0 Å². The Balaban J connectivity index is 1.61. The molecule has 1 aromatic heterocycles. The topological polar surface area (TPSA) is 59.5 Å². The van der Waals surface area contributed by atoms with Gasteiger partial charge in [-0.1, -0.05) is 12.1 Å². The molecule has 0 unspecified atom stereocenters. The van der Waals surface area contributed by atoms with Crippen molar-refractivity contribution in [1.29, 1.82) is 0 Å². The van der Waals surface area contributed by atoms with E-state index in [-0.39, 0.29) is 5.91 Å². The number of aryl methyl sites for hydroxylation is 1. The Bertz CT molecular complexity index is 985. The minimum atomic E-state index is -2.75. The minimum Gasteiger partial charge on any atom is -0.459 e. The van der Waals surface area contributed by atoms with Gasteiger partial charge in [-0.25, -0.2) is 8.78 Å². The Labute approximate surface area is 149 Å². The van der Waals surface area contributed by atoms with Crippen molar-refractivity contribution in [1.82, 2.24) is 4.90 Å². The molecule has 134 valence electrons. The normalized spacial score (nSPS) is 15.9. The molecule has 0 aliphatic carbocycles. The number of benzene rings is 2. The predicted molar refractivity (Wildman–Crippen MR) is 95.1 cm³/mol. The summed E-state index contributed by atoms with van der Waals surface area (Å²) in [5.41, 5.74) is 9.81. The maximum absolute atomic E-state index is 12.9. The number of amides is 1. The van der Waals surface area contributed by atoms with Gasteiger partial charge in [0.1, 0.15) is 11.3 Å². The van der Waals surface area contributed by atoms with Gasteiger partial charge in [-0.2, -0.15) is 0 Å². The zero-order chi connectivity index (χ0) is 18.5. The van der Waals surface area contributed by atoms with Crippen molar-refractivity contribution < 1.29 is 18.0 Å². The fourth-order valence-corrected chi connectivity index (χ4v) is 3.29. The number of hydrogen-bond donors (Lipinski definition) is 1. The summed E-state index contributed by atoms with van der Waals surface area (Å²) in [6, 6.07) is 13.0. The van der Waals surface area contributed by atoms with Gasteiger partial charge < -0.3 is 15.1 Å². The van der Waals surface area contributed by atoms with Crippen LogP contribution in [0.4, 0.5) is 8.78 Å². The van der Waals surface area contributed by atoms with E-state index in [1.165, 1.54) is 0 Å². The van der Waals surface area contributed by atoms with Gasteiger partial charge in [-0.05, 0) is 53.9 Å². The number of halogens is 2. The highest BCUT2D eigenvalue weighted by Crippen LogP contribution is 2.31.